The van der Waals surface area contributed by atoms with Gasteiger partial charge >= 0.3 is 64.2 Å². The zero-order valence-electron chi connectivity index (χ0n) is 6.06. The van der Waals surface area contributed by atoms with Gasteiger partial charge in [-0.05, 0) is 0 Å². The number of rotatable bonds is 1. The molecule has 1 nitrogen and oxygen atoms in total. The molecular weight excluding hydrogens is 147 g/mol. The first-order valence-corrected chi connectivity index (χ1v) is 2.94. The normalized spacial score (nSPS) is 8.00. The molecule has 0 radical (unpaired) electrons. The average molecular weight is 153 g/mol. The molecule has 0 bridgehead atoms. The molecule has 0 rings (SSSR count). The zero-order valence-corrected chi connectivity index (χ0v) is 6.06. The summed E-state index contributed by atoms with van der Waals surface area (Å²) in [6.07, 6.45) is -2.58. The van der Waals surface area contributed by atoms with E-state index >= 15 is 0 Å². The molecule has 11 heavy (non-hydrogen) atoms. The summed E-state index contributed by atoms with van der Waals surface area (Å²) in [5.41, 5.74) is 0. The van der Waals surface area contributed by atoms with Gasteiger partial charge in [0.2, 0.25) is 0 Å². The molecule has 0 aromatic carbocycles. The third-order valence-electron chi connectivity index (χ3n) is 0.695. The second-order valence-electron chi connectivity index (χ2n) is 1.49. The maximum atomic E-state index is 11.3. The molecule has 0 fully saturated rings. The molecule has 0 unspecified atom stereocenters. The predicted octanol–water partition coefficient (Wildman–Crippen LogP) is 1.12. The van der Waals surface area contributed by atoms with Crippen LogP contribution in [0.2, 0.25) is 0 Å². The minimum absolute atomic E-state index is 0.314. The predicted molar refractivity (Wildman–Crippen MR) is 40.3 cm³/mol. The second kappa shape index (κ2) is 6.96. The molecule has 0 heterocycles. The van der Waals surface area contributed by atoms with Gasteiger partial charge in [0.1, 0.15) is 0 Å². The third-order valence-corrected chi connectivity index (χ3v) is 0.695. The van der Waals surface area contributed by atoms with Crippen molar-refractivity contribution < 1.29 is 8.78 Å². The van der Waals surface area contributed by atoms with E-state index < -0.39 is 6.43 Å². The molecule has 0 spiro atoms. The molecule has 0 atom stereocenters. The van der Waals surface area contributed by atoms with Crippen molar-refractivity contribution in [3.8, 4) is 23.6 Å². The Hall–Kier alpha value is -1.16. The third kappa shape index (κ3) is 8.84. The zero-order chi connectivity index (χ0) is 8.53. The van der Waals surface area contributed by atoms with Crippen LogP contribution in [0.25, 0.3) is 0 Å². The van der Waals surface area contributed by atoms with Gasteiger partial charge in [0.15, 0.2) is 0 Å². The van der Waals surface area contributed by atoms with E-state index in [0.717, 1.165) is 7.07 Å². The Labute approximate surface area is 65.1 Å². The fourth-order valence-corrected chi connectivity index (χ4v) is 0.316. The van der Waals surface area contributed by atoms with Crippen molar-refractivity contribution in [3.63, 3.8) is 0 Å². The van der Waals surface area contributed by atoms with Crippen LogP contribution < -0.4 is 0 Å². The van der Waals surface area contributed by atoms with E-state index in [9.17, 15) is 8.78 Å². The molecule has 0 aliphatic heterocycles. The number of hydrogen-bond acceptors (Lipinski definition) is 1. The molecular formula is C7H6BF2N. The van der Waals surface area contributed by atoms with Gasteiger partial charge in [-0.25, -0.2) is 0 Å². The standard InChI is InChI=1S/C7H6BF2N/c1-2-3-6-11-8-5-4-7(9)10/h7H,6H2,1H3. The van der Waals surface area contributed by atoms with Gasteiger partial charge in [0.05, 0.1) is 0 Å². The van der Waals surface area contributed by atoms with Crippen LogP contribution in [-0.4, -0.2) is 20.0 Å². The summed E-state index contributed by atoms with van der Waals surface area (Å²) in [6, 6.07) is 0. The summed E-state index contributed by atoms with van der Waals surface area (Å²) in [5.74, 6) is 8.97. The SMILES string of the molecule is CC#CCN=BC#CC(F)F. The average Bonchev–Trinajstić information content (AvgIpc) is 1.96. The first-order chi connectivity index (χ1) is 5.27. The molecule has 0 aromatic heterocycles. The topological polar surface area (TPSA) is 12.4 Å². The maximum absolute atomic E-state index is 11.3. The summed E-state index contributed by atoms with van der Waals surface area (Å²) in [4.78, 5) is 3.63. The van der Waals surface area contributed by atoms with Crippen LogP contribution in [0.15, 0.2) is 4.90 Å². The summed E-state index contributed by atoms with van der Waals surface area (Å²) >= 11 is 0. The van der Waals surface area contributed by atoms with Crippen molar-refractivity contribution in [3.05, 3.63) is 0 Å². The van der Waals surface area contributed by atoms with E-state index in [-0.39, 0.29) is 0 Å². The monoisotopic (exact) mass is 153 g/mol. The molecule has 0 N–H and O–H groups in total. The summed E-state index contributed by atoms with van der Waals surface area (Å²) in [6.45, 7) is 1.99. The Bertz CT molecular complexity index is 239. The summed E-state index contributed by atoms with van der Waals surface area (Å²) in [5, 5.41) is 0. The van der Waals surface area contributed by atoms with Gasteiger partial charge in [-0.3, -0.25) is 0 Å². The van der Waals surface area contributed by atoms with Crippen LogP contribution in [0.1, 0.15) is 6.92 Å². The Balaban J connectivity index is 3.60. The van der Waals surface area contributed by atoms with Crippen LogP contribution >= 0.6 is 0 Å². The van der Waals surface area contributed by atoms with E-state index in [1.165, 1.54) is 0 Å². The van der Waals surface area contributed by atoms with E-state index in [1.807, 2.05) is 0 Å². The molecule has 0 saturated carbocycles. The molecule has 4 heteroatoms. The first-order valence-electron chi connectivity index (χ1n) is 2.94. The molecule has 0 saturated heterocycles. The molecule has 0 aromatic rings. The Morgan fingerprint density at radius 1 is 1.55 bits per heavy atom. The van der Waals surface area contributed by atoms with Crippen molar-refractivity contribution >= 4 is 7.07 Å². The van der Waals surface area contributed by atoms with Crippen molar-refractivity contribution in [2.45, 2.75) is 13.3 Å². The number of halogens is 2. The van der Waals surface area contributed by atoms with Crippen molar-refractivity contribution in [1.29, 1.82) is 0 Å². The van der Waals surface area contributed by atoms with Crippen LogP contribution in [-0.2, 0) is 0 Å². The molecule has 0 aliphatic rings. The second-order valence-corrected chi connectivity index (χ2v) is 1.49. The first kappa shape index (κ1) is 9.84. The number of hydrogen-bond donors (Lipinski definition) is 0. The fourth-order valence-electron chi connectivity index (χ4n) is 0.316. The minimum atomic E-state index is -2.58. The van der Waals surface area contributed by atoms with Gasteiger partial charge in [0, 0.05) is 0 Å². The van der Waals surface area contributed by atoms with Crippen LogP contribution in [0.4, 0.5) is 8.78 Å². The van der Waals surface area contributed by atoms with Crippen molar-refractivity contribution in [1.82, 2.24) is 0 Å². The van der Waals surface area contributed by atoms with Gasteiger partial charge in [-0.2, -0.15) is 0 Å². The molecule has 0 amide bonds. The Morgan fingerprint density at radius 3 is 2.82 bits per heavy atom. The van der Waals surface area contributed by atoms with E-state index in [2.05, 4.69) is 22.6 Å². The fraction of sp³-hybridized carbons (Fsp3) is 0.429. The van der Waals surface area contributed by atoms with Crippen LogP contribution in [0, 0.1) is 23.6 Å². The van der Waals surface area contributed by atoms with E-state index in [4.69, 9.17) is 0 Å². The Morgan fingerprint density at radius 2 is 2.27 bits per heavy atom. The molecule has 56 valence electrons. The molecule has 0 aliphatic carbocycles. The van der Waals surface area contributed by atoms with Crippen LogP contribution in [0.5, 0.6) is 0 Å². The van der Waals surface area contributed by atoms with Crippen molar-refractivity contribution in [2.24, 2.45) is 4.90 Å². The number of nitrogens with zero attached hydrogens (tertiary/aromatic N) is 1. The summed E-state index contributed by atoms with van der Waals surface area (Å²) in [7, 11) is 1.14. The van der Waals surface area contributed by atoms with Gasteiger partial charge < -0.3 is 0 Å². The van der Waals surface area contributed by atoms with Crippen LogP contribution in [0.3, 0.4) is 0 Å². The Kier molecular flexibility index (Phi) is 6.23. The summed E-state index contributed by atoms with van der Waals surface area (Å²) < 4.78 is 22.7. The van der Waals surface area contributed by atoms with Gasteiger partial charge in [0.25, 0.3) is 0 Å². The van der Waals surface area contributed by atoms with Gasteiger partial charge in [-0.1, -0.05) is 0 Å². The van der Waals surface area contributed by atoms with E-state index in [1.54, 1.807) is 12.8 Å². The van der Waals surface area contributed by atoms with E-state index in [0.29, 0.717) is 6.54 Å². The van der Waals surface area contributed by atoms with Crippen molar-refractivity contribution in [2.75, 3.05) is 6.54 Å². The van der Waals surface area contributed by atoms with Gasteiger partial charge in [-0.15, -0.1) is 0 Å². The number of alkyl halides is 2. The quantitative estimate of drug-likeness (QED) is 0.395.